The normalized spacial score (nSPS) is 15.4. The monoisotopic (exact) mass is 425 g/mol. The first-order chi connectivity index (χ1) is 13.3. The van der Waals surface area contributed by atoms with Crippen LogP contribution in [-0.4, -0.2) is 42.9 Å². The molecule has 7 nitrogen and oxygen atoms in total. The van der Waals surface area contributed by atoms with Gasteiger partial charge in [0.15, 0.2) is 0 Å². The van der Waals surface area contributed by atoms with Gasteiger partial charge in [0.2, 0.25) is 10.0 Å². The summed E-state index contributed by atoms with van der Waals surface area (Å²) in [5.41, 5.74) is 0.751. The number of nitrogens with one attached hydrogen (secondary N) is 1. The summed E-state index contributed by atoms with van der Waals surface area (Å²) in [5, 5.41) is 3.19. The van der Waals surface area contributed by atoms with E-state index in [2.05, 4.69) is 5.32 Å². The van der Waals surface area contributed by atoms with Crippen molar-refractivity contribution in [2.24, 2.45) is 7.05 Å². The lowest BCUT2D eigenvalue weighted by atomic mass is 10.2. The molecule has 152 valence electrons. The minimum absolute atomic E-state index is 0.0685. The van der Waals surface area contributed by atoms with E-state index < -0.39 is 10.0 Å². The molecule has 1 aromatic heterocycles. The average Bonchev–Trinajstić information content (AvgIpc) is 3.02. The maximum atomic E-state index is 13.2. The van der Waals surface area contributed by atoms with Gasteiger partial charge in [0, 0.05) is 32.0 Å². The Bertz CT molecular complexity index is 966. The van der Waals surface area contributed by atoms with Crippen LogP contribution in [0.5, 0.6) is 5.75 Å². The summed E-state index contributed by atoms with van der Waals surface area (Å²) in [4.78, 5) is 12.6. The van der Waals surface area contributed by atoms with Crippen molar-refractivity contribution in [3.05, 3.63) is 41.2 Å². The van der Waals surface area contributed by atoms with Crippen LogP contribution in [0, 0.1) is 0 Å². The second kappa shape index (κ2) is 8.55. The van der Waals surface area contributed by atoms with E-state index in [0.717, 1.165) is 19.3 Å². The van der Waals surface area contributed by atoms with Crippen LogP contribution in [-0.2, 0) is 17.1 Å². The molecule has 0 unspecified atom stereocenters. The molecule has 1 N–H and O–H groups in total. The predicted molar refractivity (Wildman–Crippen MR) is 109 cm³/mol. The van der Waals surface area contributed by atoms with E-state index in [1.165, 1.54) is 10.4 Å². The minimum atomic E-state index is -3.71. The number of aromatic nitrogens is 1. The quantitative estimate of drug-likeness (QED) is 0.767. The van der Waals surface area contributed by atoms with Gasteiger partial charge in [-0.15, -0.1) is 0 Å². The van der Waals surface area contributed by atoms with Gasteiger partial charge in [-0.1, -0.05) is 18.0 Å². The lowest BCUT2D eigenvalue weighted by Crippen LogP contribution is -2.35. The van der Waals surface area contributed by atoms with Crippen LogP contribution in [0.4, 0.5) is 5.69 Å². The molecule has 1 fully saturated rings. The second-order valence-corrected chi connectivity index (χ2v) is 9.01. The summed E-state index contributed by atoms with van der Waals surface area (Å²) < 4.78 is 35.0. The zero-order chi connectivity index (χ0) is 20.3. The molecule has 0 atom stereocenters. The number of rotatable bonds is 6. The first kappa shape index (κ1) is 20.7. The lowest BCUT2D eigenvalue weighted by molar-refractivity contribution is 0.101. The maximum Gasteiger partial charge on any atom is 0.272 e. The van der Waals surface area contributed by atoms with Crippen LogP contribution in [0.3, 0.4) is 0 Å². The number of aryl methyl sites for hydroxylation is 1. The predicted octanol–water partition coefficient (Wildman–Crippen LogP) is 3.50. The van der Waals surface area contributed by atoms with Crippen molar-refractivity contribution in [3.63, 3.8) is 0 Å². The first-order valence-corrected chi connectivity index (χ1v) is 11.0. The Balaban J connectivity index is 1.93. The molecule has 0 radical (unpaired) electrons. The molecule has 0 aliphatic carbocycles. The molecule has 1 saturated heterocycles. The highest BCUT2D eigenvalue weighted by Crippen LogP contribution is 2.31. The number of ether oxygens (including phenoxy) is 1. The lowest BCUT2D eigenvalue weighted by Gasteiger charge is -2.27. The fourth-order valence-electron chi connectivity index (χ4n) is 3.25. The number of carbonyl (C=O) groups is 1. The summed E-state index contributed by atoms with van der Waals surface area (Å²) in [6, 6.07) is 6.21. The molecule has 1 aliphatic rings. The highest BCUT2D eigenvalue weighted by molar-refractivity contribution is 7.89. The topological polar surface area (TPSA) is 80.6 Å². The molecule has 1 amide bonds. The van der Waals surface area contributed by atoms with Gasteiger partial charge in [0.1, 0.15) is 16.3 Å². The smallest absolute Gasteiger partial charge is 0.272 e. The van der Waals surface area contributed by atoms with Gasteiger partial charge in [-0.25, -0.2) is 8.42 Å². The molecule has 1 aliphatic heterocycles. The maximum absolute atomic E-state index is 13.2. The number of nitrogens with zero attached hydrogens (tertiary/aromatic N) is 2. The molecule has 28 heavy (non-hydrogen) atoms. The molecular weight excluding hydrogens is 402 g/mol. The summed E-state index contributed by atoms with van der Waals surface area (Å²) in [6.45, 7) is 3.13. The van der Waals surface area contributed by atoms with E-state index in [9.17, 15) is 13.2 Å². The summed E-state index contributed by atoms with van der Waals surface area (Å²) in [6.07, 6.45) is 4.34. The minimum Gasteiger partial charge on any atom is -0.492 e. The SMILES string of the molecule is CCOc1ccc(NC(=O)c2cc(Cl)cn2C)cc1S(=O)(=O)N1CCCCC1. The van der Waals surface area contributed by atoms with Gasteiger partial charge in [0.25, 0.3) is 5.91 Å². The zero-order valence-corrected chi connectivity index (χ0v) is 17.5. The number of anilines is 1. The number of carbonyl (C=O) groups excluding carboxylic acids is 1. The van der Waals surface area contributed by atoms with Gasteiger partial charge < -0.3 is 14.6 Å². The molecule has 9 heteroatoms. The molecule has 2 heterocycles. The second-order valence-electron chi connectivity index (χ2n) is 6.67. The van der Waals surface area contributed by atoms with Crippen molar-refractivity contribution in [1.82, 2.24) is 8.87 Å². The number of halogens is 1. The number of benzene rings is 1. The Hall–Kier alpha value is -2.03. The van der Waals surface area contributed by atoms with E-state index in [1.807, 2.05) is 0 Å². The van der Waals surface area contributed by atoms with Crippen molar-refractivity contribution in [2.75, 3.05) is 25.0 Å². The van der Waals surface area contributed by atoms with Crippen LogP contribution < -0.4 is 10.1 Å². The van der Waals surface area contributed by atoms with Crippen molar-refractivity contribution < 1.29 is 17.9 Å². The van der Waals surface area contributed by atoms with Crippen LogP contribution >= 0.6 is 11.6 Å². The molecule has 0 saturated carbocycles. The fourth-order valence-corrected chi connectivity index (χ4v) is 5.18. The fraction of sp³-hybridized carbons (Fsp3) is 0.421. The highest BCUT2D eigenvalue weighted by Gasteiger charge is 2.29. The molecule has 1 aromatic carbocycles. The Morgan fingerprint density at radius 1 is 1.21 bits per heavy atom. The Kier molecular flexibility index (Phi) is 6.32. The third kappa shape index (κ3) is 4.34. The van der Waals surface area contributed by atoms with E-state index in [4.69, 9.17) is 16.3 Å². The van der Waals surface area contributed by atoms with E-state index in [0.29, 0.717) is 36.1 Å². The molecular formula is C19H24ClN3O4S. The summed E-state index contributed by atoms with van der Waals surface area (Å²) >= 11 is 5.94. The molecule has 3 rings (SSSR count). The number of hydrogen-bond donors (Lipinski definition) is 1. The number of piperidine rings is 1. The van der Waals surface area contributed by atoms with E-state index in [1.54, 1.807) is 42.9 Å². The van der Waals surface area contributed by atoms with E-state index >= 15 is 0 Å². The van der Waals surface area contributed by atoms with Gasteiger partial charge in [0.05, 0.1) is 11.6 Å². The largest absolute Gasteiger partial charge is 0.492 e. The van der Waals surface area contributed by atoms with Gasteiger partial charge >= 0.3 is 0 Å². The molecule has 2 aromatic rings. The highest BCUT2D eigenvalue weighted by atomic mass is 35.5. The first-order valence-electron chi connectivity index (χ1n) is 9.23. The average molecular weight is 426 g/mol. The number of hydrogen-bond acceptors (Lipinski definition) is 4. The van der Waals surface area contributed by atoms with E-state index in [-0.39, 0.29) is 16.6 Å². The third-order valence-electron chi connectivity index (χ3n) is 4.64. The summed E-state index contributed by atoms with van der Waals surface area (Å²) in [5.74, 6) is -0.0899. The van der Waals surface area contributed by atoms with Gasteiger partial charge in [-0.3, -0.25) is 4.79 Å². The third-order valence-corrected chi connectivity index (χ3v) is 6.77. The number of amides is 1. The van der Waals surface area contributed by atoms with Crippen molar-refractivity contribution in [1.29, 1.82) is 0 Å². The van der Waals surface area contributed by atoms with Crippen LogP contribution in [0.2, 0.25) is 5.02 Å². The molecule has 0 bridgehead atoms. The van der Waals surface area contributed by atoms with Crippen LogP contribution in [0.25, 0.3) is 0 Å². The number of sulfonamides is 1. The van der Waals surface area contributed by atoms with Crippen molar-refractivity contribution >= 4 is 33.2 Å². The Morgan fingerprint density at radius 3 is 2.54 bits per heavy atom. The van der Waals surface area contributed by atoms with Crippen LogP contribution in [0.1, 0.15) is 36.7 Å². The van der Waals surface area contributed by atoms with Gasteiger partial charge in [-0.05, 0) is 44.0 Å². The Labute approximate surface area is 170 Å². The van der Waals surface area contributed by atoms with Crippen LogP contribution in [0.15, 0.2) is 35.4 Å². The van der Waals surface area contributed by atoms with Crippen molar-refractivity contribution in [3.8, 4) is 5.75 Å². The zero-order valence-electron chi connectivity index (χ0n) is 15.9. The molecule has 0 spiro atoms. The Morgan fingerprint density at radius 2 is 1.93 bits per heavy atom. The summed E-state index contributed by atoms with van der Waals surface area (Å²) in [7, 11) is -2.00. The van der Waals surface area contributed by atoms with Gasteiger partial charge in [-0.2, -0.15) is 4.31 Å². The standard InChI is InChI=1S/C19H24ClN3O4S/c1-3-27-17-8-7-15(21-19(24)16-11-14(20)13-22(16)2)12-18(17)28(25,26)23-9-5-4-6-10-23/h7-8,11-13H,3-6,9-10H2,1-2H3,(H,21,24). The van der Waals surface area contributed by atoms with Crippen molar-refractivity contribution in [2.45, 2.75) is 31.1 Å².